The lowest BCUT2D eigenvalue weighted by molar-refractivity contribution is -0.174. The quantitative estimate of drug-likeness (QED) is 0.210. The molecule has 0 amide bonds. The molecule has 2 atom stereocenters. The average molecular weight is 355 g/mol. The van der Waals surface area contributed by atoms with Gasteiger partial charge in [0.15, 0.2) is 11.7 Å². The lowest BCUT2D eigenvalue weighted by Gasteiger charge is -2.16. The van der Waals surface area contributed by atoms with Gasteiger partial charge in [0, 0.05) is 5.57 Å². The van der Waals surface area contributed by atoms with E-state index in [0.29, 0.717) is 37.2 Å². The van der Waals surface area contributed by atoms with E-state index in [2.05, 4.69) is 6.58 Å². The van der Waals surface area contributed by atoms with Crippen LogP contribution in [0.5, 0.6) is 0 Å². The van der Waals surface area contributed by atoms with Gasteiger partial charge < -0.3 is 14.2 Å². The molecule has 0 heterocycles. The summed E-state index contributed by atoms with van der Waals surface area (Å²) in [5.74, 6) is -0.946. The van der Waals surface area contributed by atoms with E-state index in [0.717, 1.165) is 0 Å². The van der Waals surface area contributed by atoms with Gasteiger partial charge in [-0.05, 0) is 32.3 Å². The first-order valence-electron chi connectivity index (χ1n) is 7.75. The van der Waals surface area contributed by atoms with Crippen LogP contribution in [0.25, 0.3) is 0 Å². The van der Waals surface area contributed by atoms with Crippen molar-refractivity contribution < 1.29 is 23.8 Å². The fourth-order valence-electron chi connectivity index (χ4n) is 1.76. The molecular weight excluding hydrogens is 332 g/mol. The molecule has 0 aromatic heterocycles. The van der Waals surface area contributed by atoms with Crippen LogP contribution in [0.15, 0.2) is 42.5 Å². The normalized spacial score (nSPS) is 13.0. The van der Waals surface area contributed by atoms with E-state index in [1.54, 1.807) is 38.1 Å². The predicted molar refractivity (Wildman–Crippen MR) is 91.5 cm³/mol. The second-order valence-electron chi connectivity index (χ2n) is 5.27. The first kappa shape index (κ1) is 20.2. The Morgan fingerprint density at radius 2 is 1.79 bits per heavy atom. The van der Waals surface area contributed by atoms with E-state index in [4.69, 9.17) is 25.8 Å². The van der Waals surface area contributed by atoms with E-state index in [1.807, 2.05) is 6.07 Å². The Morgan fingerprint density at radius 1 is 1.17 bits per heavy atom. The number of ether oxygens (including phenoxy) is 3. The minimum atomic E-state index is -0.862. The molecule has 5 nitrogen and oxygen atoms in total. The molecule has 2 unspecified atom stereocenters. The fourth-order valence-corrected chi connectivity index (χ4v) is 1.95. The number of esters is 2. The van der Waals surface area contributed by atoms with Gasteiger partial charge in [0.25, 0.3) is 0 Å². The van der Waals surface area contributed by atoms with Gasteiger partial charge in [-0.25, -0.2) is 4.79 Å². The number of rotatable bonds is 10. The SMILES string of the molecule is C=C(C)C(=O)OCCCCOC(C)OC(=O)C(Cl)c1ccccc1. The van der Waals surface area contributed by atoms with Crippen molar-refractivity contribution in [1.82, 2.24) is 0 Å². The van der Waals surface area contributed by atoms with Gasteiger partial charge in [-0.3, -0.25) is 4.79 Å². The van der Waals surface area contributed by atoms with Crippen LogP contribution in [0, 0.1) is 0 Å². The summed E-state index contributed by atoms with van der Waals surface area (Å²) < 4.78 is 15.5. The van der Waals surface area contributed by atoms with Crippen molar-refractivity contribution in [2.45, 2.75) is 38.4 Å². The van der Waals surface area contributed by atoms with Crippen LogP contribution >= 0.6 is 11.6 Å². The zero-order valence-electron chi connectivity index (χ0n) is 14.0. The van der Waals surface area contributed by atoms with E-state index in [9.17, 15) is 9.59 Å². The lowest BCUT2D eigenvalue weighted by atomic mass is 10.1. The van der Waals surface area contributed by atoms with Gasteiger partial charge in [-0.2, -0.15) is 0 Å². The summed E-state index contributed by atoms with van der Waals surface area (Å²) in [4.78, 5) is 23.1. The molecule has 1 aromatic rings. The highest BCUT2D eigenvalue weighted by molar-refractivity contribution is 6.29. The van der Waals surface area contributed by atoms with E-state index in [1.165, 1.54) is 0 Å². The minimum absolute atomic E-state index is 0.307. The largest absolute Gasteiger partial charge is 0.462 e. The molecule has 0 N–H and O–H groups in total. The van der Waals surface area contributed by atoms with Crippen molar-refractivity contribution in [2.75, 3.05) is 13.2 Å². The number of carbonyl (C=O) groups is 2. The molecule has 24 heavy (non-hydrogen) atoms. The fraction of sp³-hybridized carbons (Fsp3) is 0.444. The van der Waals surface area contributed by atoms with Gasteiger partial charge in [0.2, 0.25) is 0 Å². The van der Waals surface area contributed by atoms with Gasteiger partial charge in [-0.15, -0.1) is 11.6 Å². The van der Waals surface area contributed by atoms with Crippen LogP contribution in [-0.4, -0.2) is 31.4 Å². The summed E-state index contributed by atoms with van der Waals surface area (Å²) in [6.45, 7) is 7.42. The molecule has 1 aromatic carbocycles. The highest BCUT2D eigenvalue weighted by Crippen LogP contribution is 2.22. The Balaban J connectivity index is 2.17. The molecule has 0 spiro atoms. The number of hydrogen-bond acceptors (Lipinski definition) is 5. The monoisotopic (exact) mass is 354 g/mol. The van der Waals surface area contributed by atoms with Crippen LogP contribution in [0.1, 0.15) is 37.6 Å². The number of unbranched alkanes of at least 4 members (excludes halogenated alkanes) is 1. The van der Waals surface area contributed by atoms with Crippen LogP contribution < -0.4 is 0 Å². The first-order valence-corrected chi connectivity index (χ1v) is 8.19. The standard InChI is InChI=1S/C18H23ClO5/c1-13(2)17(20)23-12-8-7-11-22-14(3)24-18(21)16(19)15-9-5-4-6-10-15/h4-6,9-10,14,16H,1,7-8,11-12H2,2-3H3. The summed E-state index contributed by atoms with van der Waals surface area (Å²) in [6.07, 6.45) is 0.636. The van der Waals surface area contributed by atoms with E-state index in [-0.39, 0.29) is 0 Å². The van der Waals surface area contributed by atoms with Gasteiger partial charge in [0.1, 0.15) is 0 Å². The Kier molecular flexibility index (Phi) is 9.12. The molecule has 0 aliphatic rings. The average Bonchev–Trinajstić information content (AvgIpc) is 2.57. The molecule has 0 bridgehead atoms. The molecule has 0 saturated carbocycles. The van der Waals surface area contributed by atoms with Gasteiger partial charge in [-0.1, -0.05) is 36.9 Å². The Morgan fingerprint density at radius 3 is 2.42 bits per heavy atom. The van der Waals surface area contributed by atoms with Crippen LogP contribution in [0.2, 0.25) is 0 Å². The van der Waals surface area contributed by atoms with Crippen LogP contribution in [0.3, 0.4) is 0 Å². The number of benzene rings is 1. The predicted octanol–water partition coefficient (Wildman–Crippen LogP) is 3.77. The molecule has 132 valence electrons. The van der Waals surface area contributed by atoms with Crippen molar-refractivity contribution in [3.8, 4) is 0 Å². The van der Waals surface area contributed by atoms with Crippen molar-refractivity contribution in [3.63, 3.8) is 0 Å². The third-order valence-corrected chi connectivity index (χ3v) is 3.48. The maximum atomic E-state index is 11.9. The van der Waals surface area contributed by atoms with Crippen molar-refractivity contribution in [2.24, 2.45) is 0 Å². The van der Waals surface area contributed by atoms with Crippen LogP contribution in [0.4, 0.5) is 0 Å². The molecule has 6 heteroatoms. The van der Waals surface area contributed by atoms with E-state index < -0.39 is 23.6 Å². The summed E-state index contributed by atoms with van der Waals surface area (Å²) in [6, 6.07) is 8.97. The Hall–Kier alpha value is -1.85. The highest BCUT2D eigenvalue weighted by Gasteiger charge is 2.21. The maximum absolute atomic E-state index is 11.9. The number of hydrogen-bond donors (Lipinski definition) is 0. The summed E-state index contributed by atoms with van der Waals surface area (Å²) in [7, 11) is 0. The highest BCUT2D eigenvalue weighted by atomic mass is 35.5. The summed E-state index contributed by atoms with van der Waals surface area (Å²) in [5.41, 5.74) is 1.05. The zero-order valence-corrected chi connectivity index (χ0v) is 14.8. The van der Waals surface area contributed by atoms with Crippen molar-refractivity contribution in [3.05, 3.63) is 48.0 Å². The zero-order chi connectivity index (χ0) is 17.9. The number of halogens is 1. The van der Waals surface area contributed by atoms with Crippen molar-refractivity contribution in [1.29, 1.82) is 0 Å². The molecule has 0 saturated heterocycles. The van der Waals surface area contributed by atoms with Gasteiger partial charge >= 0.3 is 11.9 Å². The smallest absolute Gasteiger partial charge is 0.333 e. The van der Waals surface area contributed by atoms with Crippen LogP contribution in [-0.2, 0) is 23.8 Å². The second kappa shape index (κ2) is 10.8. The van der Waals surface area contributed by atoms with Gasteiger partial charge in [0.05, 0.1) is 13.2 Å². The second-order valence-corrected chi connectivity index (χ2v) is 5.71. The third-order valence-electron chi connectivity index (χ3n) is 3.05. The maximum Gasteiger partial charge on any atom is 0.333 e. The Labute approximate surface area is 147 Å². The van der Waals surface area contributed by atoms with Crippen molar-refractivity contribution >= 4 is 23.5 Å². The Bertz CT molecular complexity index is 544. The number of alkyl halides is 1. The molecule has 0 aliphatic carbocycles. The third kappa shape index (κ3) is 7.62. The topological polar surface area (TPSA) is 61.8 Å². The van der Waals surface area contributed by atoms with E-state index >= 15 is 0 Å². The summed E-state index contributed by atoms with van der Waals surface area (Å²) in [5, 5.41) is -0.862. The molecule has 0 fully saturated rings. The summed E-state index contributed by atoms with van der Waals surface area (Å²) >= 11 is 6.07. The molecule has 1 rings (SSSR count). The number of carbonyl (C=O) groups excluding carboxylic acids is 2. The molecule has 0 aliphatic heterocycles. The first-order chi connectivity index (χ1) is 11.4. The minimum Gasteiger partial charge on any atom is -0.462 e. The molecular formula is C18H23ClO5. The molecule has 0 radical (unpaired) electrons. The lowest BCUT2D eigenvalue weighted by Crippen LogP contribution is -2.21.